The van der Waals surface area contributed by atoms with E-state index >= 15 is 0 Å². The SMILES string of the molecule is C=CCn1c(=O)c2c(ncn2Cc2ccccc2C(=O)OC)n(-c2ccccc2Cl)c1=O. The van der Waals surface area contributed by atoms with Gasteiger partial charge in [0.15, 0.2) is 11.2 Å². The quantitative estimate of drug-likeness (QED) is 0.333. The summed E-state index contributed by atoms with van der Waals surface area (Å²) in [5, 5.41) is 0.338. The van der Waals surface area contributed by atoms with Crippen LogP contribution in [0.25, 0.3) is 16.9 Å². The Balaban J connectivity index is 2.00. The van der Waals surface area contributed by atoms with E-state index in [4.69, 9.17) is 16.3 Å². The molecule has 0 bridgehead atoms. The Kier molecular flexibility index (Phi) is 5.79. The summed E-state index contributed by atoms with van der Waals surface area (Å²) in [6.07, 6.45) is 2.93. The van der Waals surface area contributed by atoms with Crippen LogP contribution in [-0.4, -0.2) is 31.8 Å². The van der Waals surface area contributed by atoms with E-state index in [1.165, 1.54) is 24.1 Å². The Morgan fingerprint density at radius 3 is 2.59 bits per heavy atom. The lowest BCUT2D eigenvalue weighted by Gasteiger charge is -2.13. The number of nitrogens with zero attached hydrogens (tertiary/aromatic N) is 4. The zero-order chi connectivity index (χ0) is 22.8. The Hall–Kier alpha value is -3.91. The molecule has 2 heterocycles. The smallest absolute Gasteiger partial charge is 0.338 e. The van der Waals surface area contributed by atoms with Gasteiger partial charge < -0.3 is 9.30 Å². The van der Waals surface area contributed by atoms with E-state index in [1.807, 2.05) is 0 Å². The van der Waals surface area contributed by atoms with Crippen LogP contribution in [0.15, 0.2) is 77.1 Å². The fourth-order valence-corrected chi connectivity index (χ4v) is 3.81. The first-order valence-electron chi connectivity index (χ1n) is 9.70. The maximum atomic E-state index is 13.3. The van der Waals surface area contributed by atoms with Gasteiger partial charge in [0.2, 0.25) is 0 Å². The van der Waals surface area contributed by atoms with Crippen LogP contribution in [0.2, 0.25) is 5.02 Å². The number of para-hydroxylation sites is 1. The molecule has 9 heteroatoms. The molecule has 0 amide bonds. The van der Waals surface area contributed by atoms with E-state index in [2.05, 4.69) is 11.6 Å². The Bertz CT molecular complexity index is 1470. The molecule has 0 radical (unpaired) electrons. The molecular formula is C23H19ClN4O4. The van der Waals surface area contributed by atoms with E-state index in [-0.39, 0.29) is 24.3 Å². The fourth-order valence-electron chi connectivity index (χ4n) is 3.59. The van der Waals surface area contributed by atoms with Crippen LogP contribution in [0.1, 0.15) is 15.9 Å². The summed E-state index contributed by atoms with van der Waals surface area (Å²) in [6.45, 7) is 3.84. The van der Waals surface area contributed by atoms with Gasteiger partial charge in [-0.25, -0.2) is 19.1 Å². The van der Waals surface area contributed by atoms with Gasteiger partial charge in [-0.3, -0.25) is 9.36 Å². The summed E-state index contributed by atoms with van der Waals surface area (Å²) >= 11 is 6.36. The normalized spacial score (nSPS) is 10.9. The topological polar surface area (TPSA) is 88.1 Å². The number of methoxy groups -OCH3 is 1. The number of carbonyl (C=O) groups is 1. The molecule has 0 unspecified atom stereocenters. The number of imidazole rings is 1. The third kappa shape index (κ3) is 3.54. The highest BCUT2D eigenvalue weighted by molar-refractivity contribution is 6.32. The average molecular weight is 451 g/mol. The second kappa shape index (κ2) is 8.68. The zero-order valence-corrected chi connectivity index (χ0v) is 18.0. The highest BCUT2D eigenvalue weighted by atomic mass is 35.5. The molecule has 162 valence electrons. The standard InChI is InChI=1S/C23H19ClN4O4/c1-3-12-27-21(29)19-20(28(23(27)31)18-11-7-6-10-17(18)24)25-14-26(19)13-15-8-4-5-9-16(15)22(30)32-2/h3-11,14H,1,12-13H2,2H3. The lowest BCUT2D eigenvalue weighted by molar-refractivity contribution is 0.0599. The van der Waals surface area contributed by atoms with Gasteiger partial charge >= 0.3 is 11.7 Å². The lowest BCUT2D eigenvalue weighted by atomic mass is 10.1. The van der Waals surface area contributed by atoms with Crippen molar-refractivity contribution in [1.82, 2.24) is 18.7 Å². The number of carbonyl (C=O) groups excluding carboxylic acids is 1. The van der Waals surface area contributed by atoms with Gasteiger partial charge in [-0.05, 0) is 23.8 Å². The molecule has 0 saturated heterocycles. The summed E-state index contributed by atoms with van der Waals surface area (Å²) in [7, 11) is 1.31. The lowest BCUT2D eigenvalue weighted by Crippen LogP contribution is -2.40. The molecule has 32 heavy (non-hydrogen) atoms. The van der Waals surface area contributed by atoms with E-state index in [0.29, 0.717) is 21.8 Å². The first-order chi connectivity index (χ1) is 15.5. The summed E-state index contributed by atoms with van der Waals surface area (Å²) < 4.78 is 8.85. The number of esters is 1. The molecule has 0 aliphatic carbocycles. The van der Waals surface area contributed by atoms with Crippen LogP contribution >= 0.6 is 11.6 Å². The van der Waals surface area contributed by atoms with Crippen LogP contribution < -0.4 is 11.2 Å². The number of aromatic nitrogens is 4. The Labute approximate surface area is 187 Å². The Morgan fingerprint density at radius 1 is 1.16 bits per heavy atom. The van der Waals surface area contributed by atoms with Gasteiger partial charge in [0, 0.05) is 6.54 Å². The van der Waals surface area contributed by atoms with Crippen LogP contribution in [-0.2, 0) is 17.8 Å². The fraction of sp³-hybridized carbons (Fsp3) is 0.130. The molecular weight excluding hydrogens is 432 g/mol. The third-order valence-corrected chi connectivity index (χ3v) is 5.39. The van der Waals surface area contributed by atoms with Crippen molar-refractivity contribution in [3.05, 3.63) is 105 Å². The monoisotopic (exact) mass is 450 g/mol. The second-order valence-corrected chi connectivity index (χ2v) is 7.37. The maximum absolute atomic E-state index is 13.3. The summed E-state index contributed by atoms with van der Waals surface area (Å²) in [5.41, 5.74) is 0.709. The van der Waals surface area contributed by atoms with Crippen molar-refractivity contribution in [2.75, 3.05) is 7.11 Å². The van der Waals surface area contributed by atoms with Crippen LogP contribution in [0.3, 0.4) is 0 Å². The van der Waals surface area contributed by atoms with Crippen molar-refractivity contribution in [3.63, 3.8) is 0 Å². The second-order valence-electron chi connectivity index (χ2n) is 6.97. The summed E-state index contributed by atoms with van der Waals surface area (Å²) in [6, 6.07) is 13.8. The maximum Gasteiger partial charge on any atom is 0.338 e. The van der Waals surface area contributed by atoms with Gasteiger partial charge in [0.1, 0.15) is 0 Å². The number of hydrogen-bond acceptors (Lipinski definition) is 5. The van der Waals surface area contributed by atoms with E-state index in [1.54, 1.807) is 53.1 Å². The van der Waals surface area contributed by atoms with E-state index in [9.17, 15) is 14.4 Å². The van der Waals surface area contributed by atoms with Crippen molar-refractivity contribution in [3.8, 4) is 5.69 Å². The molecule has 4 aromatic rings. The number of allylic oxidation sites excluding steroid dienone is 1. The minimum Gasteiger partial charge on any atom is -0.465 e. The van der Waals surface area contributed by atoms with Gasteiger partial charge in [0.25, 0.3) is 5.56 Å². The van der Waals surface area contributed by atoms with Crippen molar-refractivity contribution in [2.45, 2.75) is 13.1 Å². The van der Waals surface area contributed by atoms with Gasteiger partial charge in [0.05, 0.1) is 36.3 Å². The van der Waals surface area contributed by atoms with Crippen LogP contribution in [0.5, 0.6) is 0 Å². The number of rotatable bonds is 6. The zero-order valence-electron chi connectivity index (χ0n) is 17.2. The molecule has 0 aliphatic heterocycles. The van der Waals surface area contributed by atoms with Crippen molar-refractivity contribution in [1.29, 1.82) is 0 Å². The number of halogens is 1. The Morgan fingerprint density at radius 2 is 1.88 bits per heavy atom. The van der Waals surface area contributed by atoms with Crippen molar-refractivity contribution >= 4 is 28.7 Å². The van der Waals surface area contributed by atoms with Gasteiger partial charge in [-0.15, -0.1) is 6.58 Å². The minimum atomic E-state index is -0.573. The molecule has 4 rings (SSSR count). The molecule has 0 fully saturated rings. The molecule has 0 saturated carbocycles. The largest absolute Gasteiger partial charge is 0.465 e. The molecule has 0 atom stereocenters. The minimum absolute atomic E-state index is 0.0159. The molecule has 0 N–H and O–H groups in total. The van der Waals surface area contributed by atoms with E-state index in [0.717, 1.165) is 4.57 Å². The third-order valence-electron chi connectivity index (χ3n) is 5.07. The predicted molar refractivity (Wildman–Crippen MR) is 122 cm³/mol. The molecule has 0 spiro atoms. The van der Waals surface area contributed by atoms with Gasteiger partial charge in [-0.1, -0.05) is 48.0 Å². The van der Waals surface area contributed by atoms with Crippen LogP contribution in [0.4, 0.5) is 0 Å². The highest BCUT2D eigenvalue weighted by Gasteiger charge is 2.21. The van der Waals surface area contributed by atoms with Gasteiger partial charge in [-0.2, -0.15) is 0 Å². The van der Waals surface area contributed by atoms with Crippen LogP contribution in [0, 0.1) is 0 Å². The summed E-state index contributed by atoms with van der Waals surface area (Å²) in [5.74, 6) is -0.484. The highest BCUT2D eigenvalue weighted by Crippen LogP contribution is 2.22. The predicted octanol–water partition coefficient (Wildman–Crippen LogP) is 3.02. The number of ether oxygens (including phenoxy) is 1. The van der Waals surface area contributed by atoms with E-state index < -0.39 is 17.2 Å². The molecule has 2 aromatic heterocycles. The number of hydrogen-bond donors (Lipinski definition) is 0. The van der Waals surface area contributed by atoms with Crippen molar-refractivity contribution in [2.24, 2.45) is 0 Å². The first kappa shape index (κ1) is 21.3. The number of benzene rings is 2. The average Bonchev–Trinajstić information content (AvgIpc) is 3.21. The molecule has 2 aromatic carbocycles. The van der Waals surface area contributed by atoms with Crippen molar-refractivity contribution < 1.29 is 9.53 Å². The first-order valence-corrected chi connectivity index (χ1v) is 10.1. The molecule has 0 aliphatic rings. The summed E-state index contributed by atoms with van der Waals surface area (Å²) in [4.78, 5) is 43.0. The molecule has 8 nitrogen and oxygen atoms in total. The number of fused-ring (bicyclic) bond motifs is 1.